The Morgan fingerprint density at radius 1 is 1.10 bits per heavy atom. The number of nitrogens with zero attached hydrogens (tertiary/aromatic N) is 2. The normalized spacial score (nSPS) is 10.7. The van der Waals surface area contributed by atoms with Crippen LogP contribution in [-0.4, -0.2) is 11.5 Å². The van der Waals surface area contributed by atoms with Crippen molar-refractivity contribution in [3.05, 3.63) is 52.7 Å². The number of aromatic nitrogens is 1. The number of rotatable bonds is 4. The standard InChI is InChI=1S/C17H21ClN2/c1-5-20(16-9-7-6-8-12(16)2)17-15(11-18)13(3)10-14(4)19-17/h6-10H,5,11H2,1-4H3. The second-order valence-corrected chi connectivity index (χ2v) is 5.31. The van der Waals surface area contributed by atoms with Crippen molar-refractivity contribution in [3.8, 4) is 0 Å². The molecule has 0 atom stereocenters. The van der Waals surface area contributed by atoms with Crippen molar-refractivity contribution in [1.29, 1.82) is 0 Å². The fourth-order valence-corrected chi connectivity index (χ4v) is 2.86. The molecule has 2 rings (SSSR count). The van der Waals surface area contributed by atoms with E-state index in [2.05, 4.69) is 56.0 Å². The Morgan fingerprint density at radius 2 is 1.80 bits per heavy atom. The summed E-state index contributed by atoms with van der Waals surface area (Å²) >= 11 is 6.15. The molecule has 0 bridgehead atoms. The lowest BCUT2D eigenvalue weighted by Crippen LogP contribution is -2.20. The average Bonchev–Trinajstić information content (AvgIpc) is 2.41. The summed E-state index contributed by atoms with van der Waals surface area (Å²) in [6, 6.07) is 10.5. The first-order valence-corrected chi connectivity index (χ1v) is 7.48. The van der Waals surface area contributed by atoms with Gasteiger partial charge in [0.1, 0.15) is 5.82 Å². The number of aryl methyl sites for hydroxylation is 3. The van der Waals surface area contributed by atoms with Gasteiger partial charge in [0.05, 0.1) is 5.88 Å². The molecule has 0 saturated carbocycles. The van der Waals surface area contributed by atoms with E-state index in [0.717, 1.165) is 23.6 Å². The van der Waals surface area contributed by atoms with Crippen LogP contribution in [0.5, 0.6) is 0 Å². The quantitative estimate of drug-likeness (QED) is 0.744. The first-order chi connectivity index (χ1) is 9.58. The number of pyridine rings is 1. The first-order valence-electron chi connectivity index (χ1n) is 6.94. The van der Waals surface area contributed by atoms with Gasteiger partial charge in [-0.05, 0) is 51.0 Å². The summed E-state index contributed by atoms with van der Waals surface area (Å²) in [5.74, 6) is 1.46. The Morgan fingerprint density at radius 3 is 2.40 bits per heavy atom. The van der Waals surface area contributed by atoms with Crippen molar-refractivity contribution in [2.75, 3.05) is 11.4 Å². The number of hydrogen-bond acceptors (Lipinski definition) is 2. The van der Waals surface area contributed by atoms with Crippen LogP contribution in [-0.2, 0) is 5.88 Å². The van der Waals surface area contributed by atoms with Crippen LogP contribution in [0.2, 0.25) is 0 Å². The monoisotopic (exact) mass is 288 g/mol. The molecular formula is C17H21ClN2. The maximum atomic E-state index is 6.15. The van der Waals surface area contributed by atoms with Crippen LogP contribution in [0.4, 0.5) is 11.5 Å². The zero-order valence-corrected chi connectivity index (χ0v) is 13.3. The number of halogens is 1. The van der Waals surface area contributed by atoms with Gasteiger partial charge in [-0.1, -0.05) is 18.2 Å². The molecule has 1 aromatic carbocycles. The van der Waals surface area contributed by atoms with Crippen LogP contribution >= 0.6 is 11.6 Å². The third-order valence-electron chi connectivity index (χ3n) is 3.57. The number of para-hydroxylation sites is 1. The smallest absolute Gasteiger partial charge is 0.137 e. The zero-order chi connectivity index (χ0) is 14.7. The molecule has 0 aliphatic rings. The summed E-state index contributed by atoms with van der Waals surface area (Å²) in [5.41, 5.74) is 5.78. The average molecular weight is 289 g/mol. The largest absolute Gasteiger partial charge is 0.326 e. The van der Waals surface area contributed by atoms with E-state index < -0.39 is 0 Å². The molecular weight excluding hydrogens is 268 g/mol. The fraction of sp³-hybridized carbons (Fsp3) is 0.353. The van der Waals surface area contributed by atoms with Gasteiger partial charge in [0.15, 0.2) is 0 Å². The Labute approximate surface area is 126 Å². The molecule has 20 heavy (non-hydrogen) atoms. The fourth-order valence-electron chi connectivity index (χ4n) is 2.53. The van der Waals surface area contributed by atoms with Crippen molar-refractivity contribution < 1.29 is 0 Å². The van der Waals surface area contributed by atoms with Crippen molar-refractivity contribution in [3.63, 3.8) is 0 Å². The maximum Gasteiger partial charge on any atom is 0.137 e. The van der Waals surface area contributed by atoms with Crippen molar-refractivity contribution >= 4 is 23.1 Å². The molecule has 1 heterocycles. The minimum Gasteiger partial charge on any atom is -0.326 e. The highest BCUT2D eigenvalue weighted by atomic mass is 35.5. The lowest BCUT2D eigenvalue weighted by molar-refractivity contribution is 0.953. The molecule has 0 aliphatic heterocycles. The Kier molecular flexibility index (Phi) is 4.66. The summed E-state index contributed by atoms with van der Waals surface area (Å²) in [7, 11) is 0. The van der Waals surface area contributed by atoms with E-state index >= 15 is 0 Å². The second kappa shape index (κ2) is 6.27. The van der Waals surface area contributed by atoms with E-state index in [9.17, 15) is 0 Å². The Hall–Kier alpha value is -1.54. The van der Waals surface area contributed by atoms with Gasteiger partial charge in [0.25, 0.3) is 0 Å². The van der Waals surface area contributed by atoms with Crippen LogP contribution in [0, 0.1) is 20.8 Å². The number of anilines is 2. The zero-order valence-electron chi connectivity index (χ0n) is 12.6. The summed E-state index contributed by atoms with van der Waals surface area (Å²) in [5, 5.41) is 0. The Balaban J connectivity index is 2.61. The van der Waals surface area contributed by atoms with Gasteiger partial charge in [-0.25, -0.2) is 4.98 Å². The van der Waals surface area contributed by atoms with E-state index in [1.54, 1.807) is 0 Å². The van der Waals surface area contributed by atoms with Crippen LogP contribution in [0.3, 0.4) is 0 Å². The van der Waals surface area contributed by atoms with E-state index in [1.165, 1.54) is 16.8 Å². The van der Waals surface area contributed by atoms with Gasteiger partial charge >= 0.3 is 0 Å². The minimum absolute atomic E-state index is 0.483. The molecule has 2 nitrogen and oxygen atoms in total. The van der Waals surface area contributed by atoms with Gasteiger partial charge in [-0.3, -0.25) is 0 Å². The molecule has 0 aliphatic carbocycles. The van der Waals surface area contributed by atoms with Crippen molar-refractivity contribution in [2.24, 2.45) is 0 Å². The van der Waals surface area contributed by atoms with Gasteiger partial charge in [0, 0.05) is 23.5 Å². The van der Waals surface area contributed by atoms with E-state index in [-0.39, 0.29) is 0 Å². The SMILES string of the molecule is CCN(c1ccccc1C)c1nc(C)cc(C)c1CCl. The van der Waals surface area contributed by atoms with E-state index in [0.29, 0.717) is 5.88 Å². The van der Waals surface area contributed by atoms with Crippen molar-refractivity contribution in [2.45, 2.75) is 33.6 Å². The van der Waals surface area contributed by atoms with Gasteiger partial charge in [0.2, 0.25) is 0 Å². The van der Waals surface area contributed by atoms with Crippen LogP contribution in [0.15, 0.2) is 30.3 Å². The van der Waals surface area contributed by atoms with Crippen LogP contribution in [0.25, 0.3) is 0 Å². The van der Waals surface area contributed by atoms with Crippen molar-refractivity contribution in [1.82, 2.24) is 4.98 Å². The maximum absolute atomic E-state index is 6.15. The Bertz CT molecular complexity index is 608. The number of hydrogen-bond donors (Lipinski definition) is 0. The van der Waals surface area contributed by atoms with E-state index in [4.69, 9.17) is 16.6 Å². The predicted octanol–water partition coefficient (Wildman–Crippen LogP) is 4.90. The number of alkyl halides is 1. The molecule has 0 N–H and O–H groups in total. The van der Waals surface area contributed by atoms with Crippen LogP contribution < -0.4 is 4.90 Å². The molecule has 0 unspecified atom stereocenters. The lowest BCUT2D eigenvalue weighted by atomic mass is 10.1. The van der Waals surface area contributed by atoms with E-state index in [1.807, 2.05) is 6.92 Å². The number of benzene rings is 1. The molecule has 1 aromatic heterocycles. The summed E-state index contributed by atoms with van der Waals surface area (Å²) in [4.78, 5) is 6.98. The molecule has 0 saturated heterocycles. The third-order valence-corrected chi connectivity index (χ3v) is 3.83. The third kappa shape index (κ3) is 2.80. The van der Waals surface area contributed by atoms with Gasteiger partial charge in [-0.2, -0.15) is 0 Å². The molecule has 0 fully saturated rings. The summed E-state index contributed by atoms with van der Waals surface area (Å²) in [6.45, 7) is 9.26. The molecule has 106 valence electrons. The predicted molar refractivity (Wildman–Crippen MR) is 87.1 cm³/mol. The highest BCUT2D eigenvalue weighted by molar-refractivity contribution is 6.17. The van der Waals surface area contributed by atoms with Crippen LogP contribution in [0.1, 0.15) is 29.3 Å². The molecule has 0 spiro atoms. The second-order valence-electron chi connectivity index (χ2n) is 5.05. The summed E-state index contributed by atoms with van der Waals surface area (Å²) in [6.07, 6.45) is 0. The highest BCUT2D eigenvalue weighted by Crippen LogP contribution is 2.31. The van der Waals surface area contributed by atoms with Gasteiger partial charge in [-0.15, -0.1) is 11.6 Å². The molecule has 0 radical (unpaired) electrons. The topological polar surface area (TPSA) is 16.1 Å². The molecule has 0 amide bonds. The lowest BCUT2D eigenvalue weighted by Gasteiger charge is -2.27. The van der Waals surface area contributed by atoms with Gasteiger partial charge < -0.3 is 4.90 Å². The molecule has 2 aromatic rings. The highest BCUT2D eigenvalue weighted by Gasteiger charge is 2.16. The minimum atomic E-state index is 0.483. The summed E-state index contributed by atoms with van der Waals surface area (Å²) < 4.78 is 0. The first kappa shape index (κ1) is 14.9. The molecule has 3 heteroatoms.